The van der Waals surface area contributed by atoms with Gasteiger partial charge in [-0.2, -0.15) is 0 Å². The molecular formula is C15H24ClN3O2S3. The van der Waals surface area contributed by atoms with E-state index in [1.54, 1.807) is 23.5 Å². The molecule has 0 aliphatic carbocycles. The Kier molecular flexibility index (Phi) is 7.40. The third-order valence-electron chi connectivity index (χ3n) is 3.41. The van der Waals surface area contributed by atoms with Gasteiger partial charge in [-0.05, 0) is 38.3 Å². The number of nitrogens with two attached hydrogens (primary N) is 1. The van der Waals surface area contributed by atoms with Crippen LogP contribution in [0.5, 0.6) is 0 Å². The van der Waals surface area contributed by atoms with Crippen LogP contribution in [0.25, 0.3) is 10.6 Å². The van der Waals surface area contributed by atoms with Crippen LogP contribution in [0.4, 0.5) is 0 Å². The van der Waals surface area contributed by atoms with E-state index in [1.807, 2.05) is 19.2 Å². The standard InChI is InChI=1S/C15H23N3O2S3.ClH/c1-10(2)7-15(4,9-16)18-23(19,20)14-6-5-13(22-14)12-8-21-11(3)17-12;/h5-6,8,10,18H,7,9,16H2,1-4H3;1H. The molecule has 0 aromatic carbocycles. The van der Waals surface area contributed by atoms with Crippen molar-refractivity contribution in [2.24, 2.45) is 11.7 Å². The molecule has 0 bridgehead atoms. The van der Waals surface area contributed by atoms with Crippen LogP contribution in [0.2, 0.25) is 0 Å². The smallest absolute Gasteiger partial charge is 0.250 e. The fourth-order valence-corrected chi connectivity index (χ4v) is 5.90. The Hall–Kier alpha value is -0.510. The molecule has 9 heteroatoms. The van der Waals surface area contributed by atoms with Gasteiger partial charge < -0.3 is 5.73 Å². The van der Waals surface area contributed by atoms with Crippen molar-refractivity contribution in [3.63, 3.8) is 0 Å². The highest BCUT2D eigenvalue weighted by Gasteiger charge is 2.31. The molecule has 24 heavy (non-hydrogen) atoms. The lowest BCUT2D eigenvalue weighted by molar-refractivity contribution is 0.345. The lowest BCUT2D eigenvalue weighted by Crippen LogP contribution is -2.51. The van der Waals surface area contributed by atoms with Crippen LogP contribution in [0.15, 0.2) is 21.7 Å². The van der Waals surface area contributed by atoms with Crippen LogP contribution < -0.4 is 10.5 Å². The highest BCUT2D eigenvalue weighted by Crippen LogP contribution is 2.32. The first-order chi connectivity index (χ1) is 10.6. The summed E-state index contributed by atoms with van der Waals surface area (Å²) in [5.41, 5.74) is 5.98. The zero-order valence-corrected chi connectivity index (χ0v) is 17.5. The second-order valence-electron chi connectivity index (χ2n) is 6.34. The summed E-state index contributed by atoms with van der Waals surface area (Å²) in [6, 6.07) is 3.43. The van der Waals surface area contributed by atoms with Gasteiger partial charge in [-0.3, -0.25) is 0 Å². The van der Waals surface area contributed by atoms with Gasteiger partial charge in [0, 0.05) is 17.5 Å². The molecule has 0 spiro atoms. The van der Waals surface area contributed by atoms with E-state index in [0.717, 1.165) is 15.6 Å². The van der Waals surface area contributed by atoms with Gasteiger partial charge in [0.25, 0.3) is 10.0 Å². The molecule has 0 radical (unpaired) electrons. The van der Waals surface area contributed by atoms with Gasteiger partial charge in [-0.1, -0.05) is 13.8 Å². The van der Waals surface area contributed by atoms with Crippen molar-refractivity contribution in [3.05, 3.63) is 22.5 Å². The Morgan fingerprint density at radius 1 is 1.38 bits per heavy atom. The zero-order valence-electron chi connectivity index (χ0n) is 14.2. The van der Waals surface area contributed by atoms with E-state index in [0.29, 0.717) is 16.5 Å². The Morgan fingerprint density at radius 3 is 2.54 bits per heavy atom. The van der Waals surface area contributed by atoms with Gasteiger partial charge in [0.15, 0.2) is 0 Å². The number of halogens is 1. The van der Waals surface area contributed by atoms with Crippen molar-refractivity contribution in [2.45, 2.75) is 43.9 Å². The third kappa shape index (κ3) is 5.24. The van der Waals surface area contributed by atoms with Gasteiger partial charge in [0.2, 0.25) is 0 Å². The number of hydrogen-bond acceptors (Lipinski definition) is 6. The van der Waals surface area contributed by atoms with E-state index in [1.165, 1.54) is 11.3 Å². The second-order valence-corrected chi connectivity index (χ2v) is 10.4. The molecule has 3 N–H and O–H groups in total. The van der Waals surface area contributed by atoms with Gasteiger partial charge in [0.1, 0.15) is 4.21 Å². The van der Waals surface area contributed by atoms with Gasteiger partial charge in [0.05, 0.1) is 15.6 Å². The highest BCUT2D eigenvalue weighted by atomic mass is 35.5. The van der Waals surface area contributed by atoms with E-state index >= 15 is 0 Å². The molecule has 0 saturated carbocycles. The normalized spacial score (nSPS) is 14.4. The van der Waals surface area contributed by atoms with Crippen molar-refractivity contribution >= 4 is 45.1 Å². The van der Waals surface area contributed by atoms with Crippen molar-refractivity contribution in [3.8, 4) is 10.6 Å². The first kappa shape index (κ1) is 21.5. The fraction of sp³-hybridized carbons (Fsp3) is 0.533. The maximum absolute atomic E-state index is 12.7. The quantitative estimate of drug-likeness (QED) is 0.730. The van der Waals surface area contributed by atoms with Crippen molar-refractivity contribution < 1.29 is 8.42 Å². The molecule has 1 unspecified atom stereocenters. The highest BCUT2D eigenvalue weighted by molar-refractivity contribution is 7.91. The Morgan fingerprint density at radius 2 is 2.04 bits per heavy atom. The molecular weight excluding hydrogens is 386 g/mol. The molecule has 0 aliphatic heterocycles. The molecule has 0 aliphatic rings. The molecule has 1 atom stereocenters. The van der Waals surface area contributed by atoms with Crippen LogP contribution >= 0.6 is 35.1 Å². The minimum atomic E-state index is -3.59. The van der Waals surface area contributed by atoms with E-state index in [4.69, 9.17) is 5.73 Å². The van der Waals surface area contributed by atoms with Crippen LogP contribution in [-0.2, 0) is 10.0 Å². The molecule has 2 aromatic rings. The topological polar surface area (TPSA) is 85.1 Å². The van der Waals surface area contributed by atoms with Crippen LogP contribution in [0.1, 0.15) is 32.2 Å². The lowest BCUT2D eigenvalue weighted by atomic mass is 9.92. The SMILES string of the molecule is Cc1nc(-c2ccc(S(=O)(=O)NC(C)(CN)CC(C)C)s2)cs1.Cl. The largest absolute Gasteiger partial charge is 0.329 e. The summed E-state index contributed by atoms with van der Waals surface area (Å²) in [7, 11) is -3.59. The third-order valence-corrected chi connectivity index (χ3v) is 7.42. The maximum atomic E-state index is 12.7. The molecule has 0 amide bonds. The van der Waals surface area contributed by atoms with E-state index in [9.17, 15) is 8.42 Å². The number of nitrogens with zero attached hydrogens (tertiary/aromatic N) is 1. The number of thiophene rings is 1. The zero-order chi connectivity index (χ0) is 17.3. The number of aryl methyl sites for hydroxylation is 1. The van der Waals surface area contributed by atoms with Crippen molar-refractivity contribution in [2.75, 3.05) is 6.54 Å². The number of aromatic nitrogens is 1. The van der Waals surface area contributed by atoms with Crippen molar-refractivity contribution in [1.82, 2.24) is 9.71 Å². The van der Waals surface area contributed by atoms with Gasteiger partial charge in [-0.25, -0.2) is 18.1 Å². The van der Waals surface area contributed by atoms with Gasteiger partial charge >= 0.3 is 0 Å². The predicted octanol–water partition coefficient (Wildman–Crippen LogP) is 3.64. The number of thiazole rings is 1. The van der Waals surface area contributed by atoms with E-state index < -0.39 is 15.6 Å². The minimum Gasteiger partial charge on any atom is -0.329 e. The monoisotopic (exact) mass is 409 g/mol. The summed E-state index contributed by atoms with van der Waals surface area (Å²) in [6.45, 7) is 8.14. The van der Waals surface area contributed by atoms with Crippen molar-refractivity contribution in [1.29, 1.82) is 0 Å². The molecule has 2 aromatic heterocycles. The predicted molar refractivity (Wildman–Crippen MR) is 105 cm³/mol. The Balaban J connectivity index is 0.00000288. The summed E-state index contributed by atoms with van der Waals surface area (Å²) >= 11 is 2.78. The molecule has 5 nitrogen and oxygen atoms in total. The minimum absolute atomic E-state index is 0. The number of sulfonamides is 1. The first-order valence-corrected chi connectivity index (χ1v) is 10.6. The maximum Gasteiger partial charge on any atom is 0.250 e. The van der Waals surface area contributed by atoms with Crippen LogP contribution in [-0.4, -0.2) is 25.5 Å². The summed E-state index contributed by atoms with van der Waals surface area (Å²) in [6.07, 6.45) is 0.687. The lowest BCUT2D eigenvalue weighted by Gasteiger charge is -2.30. The second kappa shape index (κ2) is 8.25. The fourth-order valence-electron chi connectivity index (χ4n) is 2.52. The number of rotatable bonds is 7. The number of nitrogens with one attached hydrogen (secondary N) is 1. The first-order valence-electron chi connectivity index (χ1n) is 7.41. The van der Waals surface area contributed by atoms with Crippen LogP contribution in [0.3, 0.4) is 0 Å². The molecule has 0 fully saturated rings. The summed E-state index contributed by atoms with van der Waals surface area (Å²) < 4.78 is 28.4. The summed E-state index contributed by atoms with van der Waals surface area (Å²) in [5.74, 6) is 0.350. The Labute approximate surface area is 158 Å². The number of hydrogen-bond donors (Lipinski definition) is 2. The van der Waals surface area contributed by atoms with Gasteiger partial charge in [-0.15, -0.1) is 35.1 Å². The average molecular weight is 410 g/mol. The summed E-state index contributed by atoms with van der Waals surface area (Å²) in [4.78, 5) is 5.25. The molecule has 136 valence electrons. The average Bonchev–Trinajstić information content (AvgIpc) is 3.05. The van der Waals surface area contributed by atoms with E-state index in [-0.39, 0.29) is 19.0 Å². The molecule has 2 heterocycles. The summed E-state index contributed by atoms with van der Waals surface area (Å²) in [5, 5.41) is 2.90. The Bertz CT molecular complexity index is 771. The van der Waals surface area contributed by atoms with E-state index in [2.05, 4.69) is 23.6 Å². The molecule has 0 saturated heterocycles. The van der Waals surface area contributed by atoms with Crippen LogP contribution in [0, 0.1) is 12.8 Å². The molecule has 2 rings (SSSR count).